The molecule has 2 aliphatic heterocycles. The molecule has 0 saturated heterocycles. The van der Waals surface area contributed by atoms with Gasteiger partial charge in [0.25, 0.3) is 0 Å². The van der Waals surface area contributed by atoms with Gasteiger partial charge < -0.3 is 10.2 Å². The predicted octanol–water partition coefficient (Wildman–Crippen LogP) is 3.05. The van der Waals surface area contributed by atoms with Crippen LogP contribution >= 0.6 is 0 Å². The summed E-state index contributed by atoms with van der Waals surface area (Å²) in [7, 11) is 0. The van der Waals surface area contributed by atoms with E-state index in [-0.39, 0.29) is 17.4 Å². The lowest BCUT2D eigenvalue weighted by Crippen LogP contribution is -2.43. The molecule has 1 atom stereocenters. The summed E-state index contributed by atoms with van der Waals surface area (Å²) in [5.41, 5.74) is 3.82. The minimum absolute atomic E-state index is 0.143. The summed E-state index contributed by atoms with van der Waals surface area (Å²) in [5, 5.41) is 3.25. The molecule has 0 unspecified atom stereocenters. The average Bonchev–Trinajstić information content (AvgIpc) is 2.41. The van der Waals surface area contributed by atoms with Crippen LogP contribution in [0.3, 0.4) is 0 Å². The minimum Gasteiger partial charge on any atom is -0.371 e. The predicted molar refractivity (Wildman–Crippen MR) is 81.9 cm³/mol. The molecule has 2 aliphatic rings. The Hall–Kier alpha value is -1.51. The zero-order valence-electron chi connectivity index (χ0n) is 12.7. The summed E-state index contributed by atoms with van der Waals surface area (Å²) in [6, 6.07) is 6.73. The van der Waals surface area contributed by atoms with Crippen molar-refractivity contribution in [2.24, 2.45) is 5.41 Å². The van der Waals surface area contributed by atoms with Gasteiger partial charge in [0.2, 0.25) is 5.91 Å². The van der Waals surface area contributed by atoms with Crippen molar-refractivity contribution in [1.29, 1.82) is 0 Å². The van der Waals surface area contributed by atoms with E-state index in [0.717, 1.165) is 19.5 Å². The quantitative estimate of drug-likeness (QED) is 0.852. The molecule has 108 valence electrons. The van der Waals surface area contributed by atoms with Gasteiger partial charge >= 0.3 is 0 Å². The van der Waals surface area contributed by atoms with Crippen LogP contribution in [0.25, 0.3) is 0 Å². The number of hydrogen-bond acceptors (Lipinski definition) is 2. The molecule has 0 bridgehead atoms. The normalized spacial score (nSPS) is 21.4. The SMILES string of the molecule is CC(C)(C)C(=O)N[C@@H]1CCN2CCCc3cccc1c32. The largest absolute Gasteiger partial charge is 0.371 e. The molecule has 1 amide bonds. The third-order valence-corrected chi connectivity index (χ3v) is 4.39. The van der Waals surface area contributed by atoms with Gasteiger partial charge in [-0.2, -0.15) is 0 Å². The Labute approximate surface area is 121 Å². The van der Waals surface area contributed by atoms with Gasteiger partial charge in [0.1, 0.15) is 0 Å². The molecular weight excluding hydrogens is 248 g/mol. The van der Waals surface area contributed by atoms with Crippen LogP contribution in [0.4, 0.5) is 5.69 Å². The molecular formula is C17H24N2O. The van der Waals surface area contributed by atoms with E-state index in [2.05, 4.69) is 28.4 Å². The van der Waals surface area contributed by atoms with Gasteiger partial charge in [-0.05, 0) is 30.4 Å². The van der Waals surface area contributed by atoms with Crippen molar-refractivity contribution in [3.63, 3.8) is 0 Å². The highest BCUT2D eigenvalue weighted by molar-refractivity contribution is 5.82. The second kappa shape index (κ2) is 4.80. The molecule has 3 heteroatoms. The van der Waals surface area contributed by atoms with E-state index in [1.165, 1.54) is 29.7 Å². The summed E-state index contributed by atoms with van der Waals surface area (Å²) >= 11 is 0. The Balaban J connectivity index is 1.91. The summed E-state index contributed by atoms with van der Waals surface area (Å²) in [6.45, 7) is 8.12. The first kappa shape index (κ1) is 13.5. The molecule has 0 radical (unpaired) electrons. The van der Waals surface area contributed by atoms with E-state index in [1.807, 2.05) is 20.8 Å². The molecule has 0 fully saturated rings. The highest BCUT2D eigenvalue weighted by Gasteiger charge is 2.32. The van der Waals surface area contributed by atoms with Crippen molar-refractivity contribution in [3.05, 3.63) is 29.3 Å². The Kier molecular flexibility index (Phi) is 3.23. The third kappa shape index (κ3) is 2.30. The standard InChI is InChI=1S/C17H24N2O/c1-17(2,3)16(20)18-14-9-11-19-10-5-7-12-6-4-8-13(14)15(12)19/h4,6,8,14H,5,7,9-11H2,1-3H3,(H,18,20)/t14-/m1/s1. The average molecular weight is 272 g/mol. The van der Waals surface area contributed by atoms with Gasteiger partial charge in [-0.3, -0.25) is 4.79 Å². The van der Waals surface area contributed by atoms with Crippen molar-refractivity contribution >= 4 is 11.6 Å². The van der Waals surface area contributed by atoms with E-state index in [1.54, 1.807) is 0 Å². The van der Waals surface area contributed by atoms with Crippen LogP contribution in [0.15, 0.2) is 18.2 Å². The molecule has 1 N–H and O–H groups in total. The van der Waals surface area contributed by atoms with E-state index < -0.39 is 0 Å². The number of rotatable bonds is 1. The van der Waals surface area contributed by atoms with Gasteiger partial charge in [0, 0.05) is 24.2 Å². The molecule has 1 aromatic rings. The van der Waals surface area contributed by atoms with Gasteiger partial charge in [0.15, 0.2) is 0 Å². The first-order valence-corrected chi connectivity index (χ1v) is 7.64. The highest BCUT2D eigenvalue weighted by Crippen LogP contribution is 2.39. The number of para-hydroxylation sites is 1. The zero-order valence-corrected chi connectivity index (χ0v) is 12.7. The number of nitrogens with one attached hydrogen (secondary N) is 1. The van der Waals surface area contributed by atoms with Crippen molar-refractivity contribution < 1.29 is 4.79 Å². The lowest BCUT2D eigenvalue weighted by atomic mass is 9.88. The molecule has 0 saturated carbocycles. The van der Waals surface area contributed by atoms with E-state index in [4.69, 9.17) is 0 Å². The Morgan fingerprint density at radius 2 is 2.10 bits per heavy atom. The maximum atomic E-state index is 12.3. The van der Waals surface area contributed by atoms with Crippen LogP contribution < -0.4 is 10.2 Å². The van der Waals surface area contributed by atoms with Crippen LogP contribution in [0.5, 0.6) is 0 Å². The number of carbonyl (C=O) groups is 1. The monoisotopic (exact) mass is 272 g/mol. The summed E-state index contributed by atoms with van der Waals surface area (Å²) in [4.78, 5) is 14.8. The molecule has 0 aliphatic carbocycles. The van der Waals surface area contributed by atoms with Crippen molar-refractivity contribution in [1.82, 2.24) is 5.32 Å². The molecule has 2 heterocycles. The van der Waals surface area contributed by atoms with Crippen LogP contribution in [0, 0.1) is 5.41 Å². The fourth-order valence-electron chi connectivity index (χ4n) is 3.24. The number of anilines is 1. The number of amides is 1. The van der Waals surface area contributed by atoms with E-state index in [0.29, 0.717) is 0 Å². The van der Waals surface area contributed by atoms with Gasteiger partial charge in [-0.25, -0.2) is 0 Å². The van der Waals surface area contributed by atoms with Crippen LogP contribution in [0.2, 0.25) is 0 Å². The smallest absolute Gasteiger partial charge is 0.225 e. The maximum absolute atomic E-state index is 12.3. The van der Waals surface area contributed by atoms with Gasteiger partial charge in [0.05, 0.1) is 6.04 Å². The summed E-state index contributed by atoms with van der Waals surface area (Å²) in [5.74, 6) is 0.143. The fourth-order valence-corrected chi connectivity index (χ4v) is 3.24. The first-order chi connectivity index (χ1) is 9.47. The Bertz CT molecular complexity index is 530. The van der Waals surface area contributed by atoms with E-state index in [9.17, 15) is 4.79 Å². The third-order valence-electron chi connectivity index (χ3n) is 4.39. The number of nitrogens with zero attached hydrogens (tertiary/aromatic N) is 1. The molecule has 3 nitrogen and oxygen atoms in total. The second-order valence-electron chi connectivity index (χ2n) is 7.01. The lowest BCUT2D eigenvalue weighted by molar-refractivity contribution is -0.129. The summed E-state index contributed by atoms with van der Waals surface area (Å²) in [6.07, 6.45) is 3.42. The van der Waals surface area contributed by atoms with Gasteiger partial charge in [-0.15, -0.1) is 0 Å². The Morgan fingerprint density at radius 1 is 1.30 bits per heavy atom. The second-order valence-corrected chi connectivity index (χ2v) is 7.01. The highest BCUT2D eigenvalue weighted by atomic mass is 16.2. The molecule has 1 aromatic carbocycles. The fraction of sp³-hybridized carbons (Fsp3) is 0.588. The first-order valence-electron chi connectivity index (χ1n) is 7.64. The van der Waals surface area contributed by atoms with Gasteiger partial charge in [-0.1, -0.05) is 39.0 Å². The van der Waals surface area contributed by atoms with Crippen molar-refractivity contribution in [2.45, 2.75) is 46.1 Å². The number of benzene rings is 1. The molecule has 0 spiro atoms. The summed E-state index contributed by atoms with van der Waals surface area (Å²) < 4.78 is 0. The minimum atomic E-state index is -0.327. The van der Waals surface area contributed by atoms with E-state index >= 15 is 0 Å². The number of hydrogen-bond donors (Lipinski definition) is 1. The van der Waals surface area contributed by atoms with Crippen molar-refractivity contribution in [3.8, 4) is 0 Å². The van der Waals surface area contributed by atoms with Crippen molar-refractivity contribution in [2.75, 3.05) is 18.0 Å². The molecule has 20 heavy (non-hydrogen) atoms. The van der Waals surface area contributed by atoms with Crippen LogP contribution in [-0.4, -0.2) is 19.0 Å². The Morgan fingerprint density at radius 3 is 2.85 bits per heavy atom. The number of carbonyl (C=O) groups excluding carboxylic acids is 1. The lowest BCUT2D eigenvalue weighted by Gasteiger charge is -2.40. The topological polar surface area (TPSA) is 32.3 Å². The number of aryl methyl sites for hydroxylation is 1. The maximum Gasteiger partial charge on any atom is 0.225 e. The van der Waals surface area contributed by atoms with Crippen LogP contribution in [0.1, 0.15) is 50.8 Å². The van der Waals surface area contributed by atoms with Crippen LogP contribution in [-0.2, 0) is 11.2 Å². The molecule has 3 rings (SSSR count). The molecule has 0 aromatic heterocycles. The zero-order chi connectivity index (χ0) is 14.3.